The number of aromatic nitrogens is 2. The number of hydrogen-bond donors (Lipinski definition) is 1. The Morgan fingerprint density at radius 3 is 2.73 bits per heavy atom. The van der Waals surface area contributed by atoms with Gasteiger partial charge in [-0.15, -0.1) is 0 Å². The molecule has 0 spiro atoms. The molecular weight excluding hydrogens is 202 g/mol. The summed E-state index contributed by atoms with van der Waals surface area (Å²) in [6.07, 6.45) is 1.87. The Morgan fingerprint density at radius 1 is 1.80 bits per heavy atom. The monoisotopic (exact) mass is 213 g/mol. The molecule has 0 bridgehead atoms. The molecule has 0 saturated heterocycles. The smallest absolute Gasteiger partial charge is 0.363 e. The highest BCUT2D eigenvalue weighted by molar-refractivity contribution is 5.89. The molecule has 0 aliphatic carbocycles. The first-order valence-electron chi connectivity index (χ1n) is 4.44. The third-order valence-electron chi connectivity index (χ3n) is 2.15. The number of hydrogen-bond acceptors (Lipinski definition) is 4. The molecule has 7 nitrogen and oxygen atoms in total. The maximum absolute atomic E-state index is 10.7. The number of carboxylic acid groups (broad SMARTS) is 1. The van der Waals surface area contributed by atoms with Crippen LogP contribution in [0.3, 0.4) is 0 Å². The predicted molar refractivity (Wildman–Crippen MR) is 50.8 cm³/mol. The normalized spacial score (nSPS) is 12.4. The predicted octanol–water partition coefficient (Wildman–Crippen LogP) is 1.46. The Kier molecular flexibility index (Phi) is 3.03. The lowest BCUT2D eigenvalue weighted by Gasteiger charge is -2.06. The zero-order valence-electron chi connectivity index (χ0n) is 8.38. The summed E-state index contributed by atoms with van der Waals surface area (Å²) >= 11 is 0. The Labute approximate surface area is 85.5 Å². The summed E-state index contributed by atoms with van der Waals surface area (Å²) in [6, 6.07) is -0.0585. The molecule has 0 aromatic carbocycles. The van der Waals surface area contributed by atoms with Crippen LogP contribution < -0.4 is 0 Å². The van der Waals surface area contributed by atoms with Gasteiger partial charge in [0, 0.05) is 6.04 Å². The molecule has 0 radical (unpaired) electrons. The SMILES string of the molecule is CC[C@H](C)n1cc([N+](=O)[O-])c(C(=O)O)n1. The standard InChI is InChI=1S/C8H11N3O4/c1-3-5(2)10-4-6(11(14)15)7(9-10)8(12)13/h4-5H,3H2,1-2H3,(H,12,13)/t5-/m0/s1. The fourth-order valence-corrected chi connectivity index (χ4v) is 1.08. The second-order valence-electron chi connectivity index (χ2n) is 3.16. The highest BCUT2D eigenvalue weighted by Crippen LogP contribution is 2.20. The summed E-state index contributed by atoms with van der Waals surface area (Å²) < 4.78 is 1.31. The minimum absolute atomic E-state index is 0.0585. The first-order chi connectivity index (χ1) is 6.97. The molecule has 7 heteroatoms. The summed E-state index contributed by atoms with van der Waals surface area (Å²) in [6.45, 7) is 3.70. The van der Waals surface area contributed by atoms with Crippen LogP contribution in [0.25, 0.3) is 0 Å². The minimum Gasteiger partial charge on any atom is -0.476 e. The number of nitro groups is 1. The summed E-state index contributed by atoms with van der Waals surface area (Å²) in [7, 11) is 0. The number of nitrogens with zero attached hydrogens (tertiary/aromatic N) is 3. The van der Waals surface area contributed by atoms with Crippen LogP contribution in [0.1, 0.15) is 36.8 Å². The summed E-state index contributed by atoms with van der Waals surface area (Å²) in [5.41, 5.74) is -0.983. The van der Waals surface area contributed by atoms with Gasteiger partial charge in [-0.1, -0.05) is 6.92 Å². The molecule has 1 aromatic heterocycles. The van der Waals surface area contributed by atoms with Gasteiger partial charge in [-0.3, -0.25) is 14.8 Å². The van der Waals surface area contributed by atoms with Crippen molar-refractivity contribution in [3.05, 3.63) is 22.0 Å². The maximum Gasteiger partial charge on any atom is 0.363 e. The van der Waals surface area contributed by atoms with Crippen LogP contribution in [-0.4, -0.2) is 25.8 Å². The summed E-state index contributed by atoms with van der Waals surface area (Å²) in [5.74, 6) is -1.39. The third-order valence-corrected chi connectivity index (χ3v) is 2.15. The summed E-state index contributed by atoms with van der Waals surface area (Å²) in [5, 5.41) is 22.9. The van der Waals surface area contributed by atoms with Gasteiger partial charge in [0.2, 0.25) is 5.69 Å². The molecule has 1 rings (SSSR count). The fraction of sp³-hybridized carbons (Fsp3) is 0.500. The molecule has 0 aliphatic heterocycles. The lowest BCUT2D eigenvalue weighted by atomic mass is 10.3. The molecule has 82 valence electrons. The maximum atomic E-state index is 10.7. The second-order valence-corrected chi connectivity index (χ2v) is 3.16. The van der Waals surface area contributed by atoms with E-state index in [1.165, 1.54) is 4.68 Å². The van der Waals surface area contributed by atoms with Gasteiger partial charge < -0.3 is 5.11 Å². The Bertz CT molecular complexity index is 367. The van der Waals surface area contributed by atoms with Crippen molar-refractivity contribution < 1.29 is 14.8 Å². The van der Waals surface area contributed by atoms with Crippen molar-refractivity contribution >= 4 is 11.7 Å². The second kappa shape index (κ2) is 4.07. The van der Waals surface area contributed by atoms with Gasteiger partial charge in [0.25, 0.3) is 0 Å². The van der Waals surface area contributed by atoms with Crippen LogP contribution in [0.2, 0.25) is 0 Å². The van der Waals surface area contributed by atoms with Crippen LogP contribution in [0.5, 0.6) is 0 Å². The minimum atomic E-state index is -1.39. The molecule has 1 heterocycles. The molecule has 0 fully saturated rings. The molecule has 1 aromatic rings. The molecule has 15 heavy (non-hydrogen) atoms. The third kappa shape index (κ3) is 2.12. The van der Waals surface area contributed by atoms with E-state index in [0.29, 0.717) is 0 Å². The average Bonchev–Trinajstić information content (AvgIpc) is 2.61. The Hall–Kier alpha value is -1.92. The molecule has 1 atom stereocenters. The van der Waals surface area contributed by atoms with Crippen molar-refractivity contribution in [1.29, 1.82) is 0 Å². The van der Waals surface area contributed by atoms with E-state index in [9.17, 15) is 14.9 Å². The molecular formula is C8H11N3O4. The number of carboxylic acids is 1. The van der Waals surface area contributed by atoms with Gasteiger partial charge in [0.05, 0.1) is 4.92 Å². The Balaban J connectivity index is 3.21. The van der Waals surface area contributed by atoms with E-state index >= 15 is 0 Å². The van der Waals surface area contributed by atoms with Crippen LogP contribution in [-0.2, 0) is 0 Å². The van der Waals surface area contributed by atoms with Crippen LogP contribution in [0.15, 0.2) is 6.20 Å². The van der Waals surface area contributed by atoms with Crippen molar-refractivity contribution in [3.8, 4) is 0 Å². The van der Waals surface area contributed by atoms with Gasteiger partial charge in [-0.2, -0.15) is 5.10 Å². The van der Waals surface area contributed by atoms with E-state index in [0.717, 1.165) is 12.6 Å². The van der Waals surface area contributed by atoms with Crippen molar-refractivity contribution in [2.45, 2.75) is 26.3 Å². The van der Waals surface area contributed by atoms with Crippen molar-refractivity contribution in [3.63, 3.8) is 0 Å². The molecule has 0 unspecified atom stereocenters. The molecule has 0 aliphatic rings. The van der Waals surface area contributed by atoms with E-state index in [4.69, 9.17) is 5.11 Å². The zero-order chi connectivity index (χ0) is 11.6. The van der Waals surface area contributed by atoms with Crippen LogP contribution >= 0.6 is 0 Å². The van der Waals surface area contributed by atoms with Crippen LogP contribution in [0.4, 0.5) is 5.69 Å². The summed E-state index contributed by atoms with van der Waals surface area (Å²) in [4.78, 5) is 20.5. The van der Waals surface area contributed by atoms with Gasteiger partial charge in [0.15, 0.2) is 0 Å². The average molecular weight is 213 g/mol. The van der Waals surface area contributed by atoms with Gasteiger partial charge in [-0.05, 0) is 13.3 Å². The number of rotatable bonds is 4. The van der Waals surface area contributed by atoms with E-state index in [1.807, 2.05) is 13.8 Å². The van der Waals surface area contributed by atoms with Gasteiger partial charge in [0.1, 0.15) is 6.20 Å². The van der Waals surface area contributed by atoms with Crippen molar-refractivity contribution in [2.75, 3.05) is 0 Å². The molecule has 0 saturated carbocycles. The van der Waals surface area contributed by atoms with Gasteiger partial charge >= 0.3 is 11.7 Å². The highest BCUT2D eigenvalue weighted by atomic mass is 16.6. The van der Waals surface area contributed by atoms with Crippen LogP contribution in [0, 0.1) is 10.1 Å². The van der Waals surface area contributed by atoms with Crippen molar-refractivity contribution in [1.82, 2.24) is 9.78 Å². The Morgan fingerprint density at radius 2 is 2.40 bits per heavy atom. The largest absolute Gasteiger partial charge is 0.476 e. The van der Waals surface area contributed by atoms with E-state index in [2.05, 4.69) is 5.10 Å². The topological polar surface area (TPSA) is 98.3 Å². The quantitative estimate of drug-likeness (QED) is 0.603. The van der Waals surface area contributed by atoms with E-state index < -0.39 is 22.3 Å². The lowest BCUT2D eigenvalue weighted by Crippen LogP contribution is -2.06. The van der Waals surface area contributed by atoms with Crippen molar-refractivity contribution in [2.24, 2.45) is 0 Å². The van der Waals surface area contributed by atoms with Gasteiger partial charge in [-0.25, -0.2) is 4.79 Å². The first kappa shape index (κ1) is 11.2. The number of aromatic carboxylic acids is 1. The fourth-order valence-electron chi connectivity index (χ4n) is 1.08. The highest BCUT2D eigenvalue weighted by Gasteiger charge is 2.26. The lowest BCUT2D eigenvalue weighted by molar-refractivity contribution is -0.385. The molecule has 0 amide bonds. The van der Waals surface area contributed by atoms with E-state index in [1.54, 1.807) is 0 Å². The number of carbonyl (C=O) groups is 1. The zero-order valence-corrected chi connectivity index (χ0v) is 8.38. The van der Waals surface area contributed by atoms with E-state index in [-0.39, 0.29) is 6.04 Å². The first-order valence-corrected chi connectivity index (χ1v) is 4.44. The molecule has 1 N–H and O–H groups in total.